The third kappa shape index (κ3) is 8.39. The second-order valence-corrected chi connectivity index (χ2v) is 5.58. The molecule has 0 rings (SSSR count). The summed E-state index contributed by atoms with van der Waals surface area (Å²) in [7, 11) is 1.71. The Balaban J connectivity index is 4.86. The summed E-state index contributed by atoms with van der Waals surface area (Å²) in [5, 5.41) is 3.32. The first-order chi connectivity index (χ1) is 9.99. The van der Waals surface area contributed by atoms with Gasteiger partial charge in [0, 0.05) is 32.3 Å². The number of carbonyl (C=O) groups excluding carboxylic acids is 1. The zero-order valence-electron chi connectivity index (χ0n) is 14.6. The standard InChI is InChI=1S/C16H34N2O3/c1-7-14(8-2)18(10-11-20-6)12-15(17-13(4)5)16(19)21-9-3/h13-15,17H,7-12H2,1-6H3. The summed E-state index contributed by atoms with van der Waals surface area (Å²) in [6, 6.07) is 0.416. The van der Waals surface area contributed by atoms with Crippen LogP contribution in [0.5, 0.6) is 0 Å². The fraction of sp³-hybridized carbons (Fsp3) is 0.938. The average Bonchev–Trinajstić information content (AvgIpc) is 2.44. The molecule has 0 amide bonds. The van der Waals surface area contributed by atoms with Gasteiger partial charge in [0.1, 0.15) is 6.04 Å². The van der Waals surface area contributed by atoms with Crippen LogP contribution >= 0.6 is 0 Å². The summed E-state index contributed by atoms with van der Waals surface area (Å²) in [4.78, 5) is 14.5. The van der Waals surface area contributed by atoms with Gasteiger partial charge in [-0.15, -0.1) is 0 Å². The number of esters is 1. The summed E-state index contributed by atoms with van der Waals surface area (Å²) in [6.07, 6.45) is 2.13. The molecule has 1 unspecified atom stereocenters. The number of nitrogens with one attached hydrogen (secondary N) is 1. The fourth-order valence-electron chi connectivity index (χ4n) is 2.51. The van der Waals surface area contributed by atoms with E-state index >= 15 is 0 Å². The summed E-state index contributed by atoms with van der Waals surface area (Å²) < 4.78 is 10.4. The Morgan fingerprint density at radius 2 is 1.81 bits per heavy atom. The monoisotopic (exact) mass is 302 g/mol. The molecule has 0 saturated heterocycles. The van der Waals surface area contributed by atoms with Gasteiger partial charge in [0.25, 0.3) is 0 Å². The third-order valence-corrected chi connectivity index (χ3v) is 3.56. The van der Waals surface area contributed by atoms with Crippen LogP contribution in [0.4, 0.5) is 0 Å². The van der Waals surface area contributed by atoms with Crippen LogP contribution in [0.2, 0.25) is 0 Å². The number of hydrogen-bond acceptors (Lipinski definition) is 5. The van der Waals surface area contributed by atoms with E-state index in [1.165, 1.54) is 0 Å². The average molecular weight is 302 g/mol. The number of ether oxygens (including phenoxy) is 2. The fourth-order valence-corrected chi connectivity index (χ4v) is 2.51. The largest absolute Gasteiger partial charge is 0.465 e. The lowest BCUT2D eigenvalue weighted by molar-refractivity contribution is -0.146. The minimum atomic E-state index is -0.289. The lowest BCUT2D eigenvalue weighted by Crippen LogP contribution is -2.52. The van der Waals surface area contributed by atoms with Gasteiger partial charge in [-0.25, -0.2) is 0 Å². The van der Waals surface area contributed by atoms with Crippen molar-refractivity contribution in [3.63, 3.8) is 0 Å². The van der Waals surface area contributed by atoms with Gasteiger partial charge in [-0.3, -0.25) is 9.69 Å². The lowest BCUT2D eigenvalue weighted by Gasteiger charge is -2.33. The predicted molar refractivity (Wildman–Crippen MR) is 86.5 cm³/mol. The molecule has 0 bridgehead atoms. The van der Waals surface area contributed by atoms with Crippen LogP contribution in [-0.2, 0) is 14.3 Å². The SMILES string of the molecule is CCOC(=O)C(CN(CCOC)C(CC)CC)NC(C)C. The lowest BCUT2D eigenvalue weighted by atomic mass is 10.1. The van der Waals surface area contributed by atoms with E-state index in [9.17, 15) is 4.79 Å². The van der Waals surface area contributed by atoms with Gasteiger partial charge < -0.3 is 14.8 Å². The summed E-state index contributed by atoms with van der Waals surface area (Å²) >= 11 is 0. The first-order valence-corrected chi connectivity index (χ1v) is 8.15. The maximum absolute atomic E-state index is 12.1. The van der Waals surface area contributed by atoms with E-state index in [1.807, 2.05) is 20.8 Å². The van der Waals surface area contributed by atoms with Crippen molar-refractivity contribution in [1.29, 1.82) is 0 Å². The summed E-state index contributed by atoms with van der Waals surface area (Å²) in [5.41, 5.74) is 0. The van der Waals surface area contributed by atoms with E-state index in [0.29, 0.717) is 25.8 Å². The van der Waals surface area contributed by atoms with Crippen molar-refractivity contribution in [3.8, 4) is 0 Å². The second-order valence-electron chi connectivity index (χ2n) is 5.58. The highest BCUT2D eigenvalue weighted by molar-refractivity contribution is 5.76. The van der Waals surface area contributed by atoms with Crippen LogP contribution in [0.25, 0.3) is 0 Å². The molecule has 21 heavy (non-hydrogen) atoms. The number of nitrogens with zero attached hydrogens (tertiary/aromatic N) is 1. The predicted octanol–water partition coefficient (Wildman–Crippen LogP) is 2.05. The molecule has 1 atom stereocenters. The van der Waals surface area contributed by atoms with Crippen LogP contribution in [0, 0.1) is 0 Å². The maximum Gasteiger partial charge on any atom is 0.324 e. The van der Waals surface area contributed by atoms with Gasteiger partial charge in [0.15, 0.2) is 0 Å². The van der Waals surface area contributed by atoms with Gasteiger partial charge in [0.05, 0.1) is 13.2 Å². The van der Waals surface area contributed by atoms with Gasteiger partial charge in [-0.05, 0) is 19.8 Å². The number of methoxy groups -OCH3 is 1. The molecule has 0 aromatic carbocycles. The minimum Gasteiger partial charge on any atom is -0.465 e. The van der Waals surface area contributed by atoms with E-state index in [4.69, 9.17) is 9.47 Å². The molecule has 1 N–H and O–H groups in total. The van der Waals surface area contributed by atoms with Crippen molar-refractivity contribution in [2.24, 2.45) is 0 Å². The van der Waals surface area contributed by atoms with Crippen LogP contribution in [0.15, 0.2) is 0 Å². The molecule has 0 aliphatic carbocycles. The van der Waals surface area contributed by atoms with Crippen molar-refractivity contribution in [2.45, 2.75) is 65.6 Å². The Morgan fingerprint density at radius 3 is 2.24 bits per heavy atom. The van der Waals surface area contributed by atoms with Crippen molar-refractivity contribution in [2.75, 3.05) is 33.4 Å². The van der Waals surface area contributed by atoms with E-state index in [2.05, 4.69) is 24.1 Å². The van der Waals surface area contributed by atoms with Crippen LogP contribution < -0.4 is 5.32 Å². The first kappa shape index (κ1) is 20.3. The third-order valence-electron chi connectivity index (χ3n) is 3.56. The molecule has 0 radical (unpaired) electrons. The Kier molecular flexibility index (Phi) is 11.6. The molecular formula is C16H34N2O3. The van der Waals surface area contributed by atoms with E-state index in [0.717, 1.165) is 19.4 Å². The number of rotatable bonds is 12. The molecule has 0 saturated carbocycles. The Bertz CT molecular complexity index is 268. The molecule has 0 spiro atoms. The Labute approximate surface area is 130 Å². The van der Waals surface area contributed by atoms with Crippen molar-refractivity contribution in [1.82, 2.24) is 10.2 Å². The molecule has 5 nitrogen and oxygen atoms in total. The molecule has 0 aromatic rings. The highest BCUT2D eigenvalue weighted by atomic mass is 16.5. The molecule has 0 aromatic heterocycles. The van der Waals surface area contributed by atoms with Crippen molar-refractivity contribution >= 4 is 5.97 Å². The zero-order valence-corrected chi connectivity index (χ0v) is 14.6. The number of hydrogen-bond donors (Lipinski definition) is 1. The van der Waals surface area contributed by atoms with E-state index < -0.39 is 0 Å². The first-order valence-electron chi connectivity index (χ1n) is 8.15. The molecule has 126 valence electrons. The van der Waals surface area contributed by atoms with Gasteiger partial charge in [-0.2, -0.15) is 0 Å². The highest BCUT2D eigenvalue weighted by Crippen LogP contribution is 2.10. The Morgan fingerprint density at radius 1 is 1.19 bits per heavy atom. The smallest absolute Gasteiger partial charge is 0.324 e. The van der Waals surface area contributed by atoms with Gasteiger partial charge in [-0.1, -0.05) is 27.7 Å². The van der Waals surface area contributed by atoms with Crippen LogP contribution in [0.1, 0.15) is 47.5 Å². The molecule has 5 heteroatoms. The topological polar surface area (TPSA) is 50.8 Å². The molecule has 0 heterocycles. The zero-order chi connectivity index (χ0) is 16.3. The van der Waals surface area contributed by atoms with E-state index in [-0.39, 0.29) is 18.1 Å². The van der Waals surface area contributed by atoms with Crippen molar-refractivity contribution < 1.29 is 14.3 Å². The maximum atomic E-state index is 12.1. The molecule has 0 aliphatic rings. The Hall–Kier alpha value is -0.650. The molecule has 0 aliphatic heterocycles. The normalized spacial score (nSPS) is 13.2. The number of carbonyl (C=O) groups is 1. The molecular weight excluding hydrogens is 268 g/mol. The summed E-state index contributed by atoms with van der Waals surface area (Å²) in [5.74, 6) is -0.167. The second kappa shape index (κ2) is 12.0. The highest BCUT2D eigenvalue weighted by Gasteiger charge is 2.26. The summed E-state index contributed by atoms with van der Waals surface area (Å²) in [6.45, 7) is 12.9. The van der Waals surface area contributed by atoms with Gasteiger partial charge in [0.2, 0.25) is 0 Å². The molecule has 0 fully saturated rings. The van der Waals surface area contributed by atoms with Gasteiger partial charge >= 0.3 is 5.97 Å². The van der Waals surface area contributed by atoms with E-state index in [1.54, 1.807) is 7.11 Å². The van der Waals surface area contributed by atoms with Crippen molar-refractivity contribution in [3.05, 3.63) is 0 Å². The van der Waals surface area contributed by atoms with Crippen LogP contribution in [0.3, 0.4) is 0 Å². The minimum absolute atomic E-state index is 0.167. The quantitative estimate of drug-likeness (QED) is 0.559. The van der Waals surface area contributed by atoms with Crippen LogP contribution in [-0.4, -0.2) is 62.4 Å².